The molecule has 2 aliphatic rings. The second-order valence-corrected chi connectivity index (χ2v) is 18.1. The van der Waals surface area contributed by atoms with Crippen LogP contribution in [0.2, 0.25) is 0 Å². The number of nitrogens with zero attached hydrogens (tertiary/aromatic N) is 8. The Morgan fingerprint density at radius 1 is 0.982 bits per heavy atom. The van der Waals surface area contributed by atoms with Gasteiger partial charge in [-0.2, -0.15) is 4.98 Å². The summed E-state index contributed by atoms with van der Waals surface area (Å²) >= 11 is 3.57. The van der Waals surface area contributed by atoms with Crippen molar-refractivity contribution in [1.82, 2.24) is 35.1 Å². The van der Waals surface area contributed by atoms with Crippen molar-refractivity contribution in [3.63, 3.8) is 0 Å². The van der Waals surface area contributed by atoms with Crippen LogP contribution in [0.15, 0.2) is 65.8 Å². The third-order valence-corrected chi connectivity index (χ3v) is 12.1. The van der Waals surface area contributed by atoms with Crippen molar-refractivity contribution in [3.8, 4) is 5.75 Å². The fourth-order valence-electron chi connectivity index (χ4n) is 7.25. The Balaban J connectivity index is 1.03. The van der Waals surface area contributed by atoms with Gasteiger partial charge >= 0.3 is 6.03 Å². The zero-order valence-corrected chi connectivity index (χ0v) is 33.8. The van der Waals surface area contributed by atoms with Crippen LogP contribution in [0.4, 0.5) is 39.3 Å². The molecule has 5 heterocycles. The average Bonchev–Trinajstić information content (AvgIpc) is 3.16. The van der Waals surface area contributed by atoms with E-state index in [1.165, 1.54) is 0 Å². The minimum absolute atomic E-state index is 0.258. The SMILES string of the molecule is COc1cc(N2CCC(N(C)Cc3ccncc3N3CCC(=O)NC3=O)CC2)c(C)cc1Nc1ncc(Br)c(Nc2ccc3nccnc3c2P(C)(C)=O)n1. The summed E-state index contributed by atoms with van der Waals surface area (Å²) in [6.07, 6.45) is 10.5. The number of hydrogen-bond acceptors (Lipinski definition) is 13. The molecule has 0 atom stereocenters. The Hall–Kier alpha value is -5.18. The van der Waals surface area contributed by atoms with Crippen LogP contribution >= 0.6 is 23.1 Å². The van der Waals surface area contributed by atoms with E-state index in [4.69, 9.17) is 9.72 Å². The van der Waals surface area contributed by atoms with Gasteiger partial charge < -0.3 is 24.8 Å². The number of fused-ring (bicyclic) bond motifs is 1. The Kier molecular flexibility index (Phi) is 11.0. The number of pyridine rings is 1. The number of nitrogens with one attached hydrogen (secondary N) is 3. The molecule has 55 heavy (non-hydrogen) atoms. The molecular formula is C38H43BrN11O4P. The molecule has 17 heteroatoms. The van der Waals surface area contributed by atoms with Crippen molar-refractivity contribution in [1.29, 1.82) is 0 Å². The Bertz CT molecular complexity index is 2310. The highest BCUT2D eigenvalue weighted by atomic mass is 79.9. The summed E-state index contributed by atoms with van der Waals surface area (Å²) in [7, 11) is 0.989. The molecular weight excluding hydrogens is 785 g/mol. The van der Waals surface area contributed by atoms with Gasteiger partial charge in [0.2, 0.25) is 11.9 Å². The highest BCUT2D eigenvalue weighted by Gasteiger charge is 2.29. The number of imide groups is 1. The summed E-state index contributed by atoms with van der Waals surface area (Å²) in [5, 5.41) is 9.71. The number of urea groups is 1. The van der Waals surface area contributed by atoms with Gasteiger partial charge in [0, 0.05) is 75.2 Å². The maximum absolute atomic E-state index is 13.5. The number of carbonyl (C=O) groups excluding carboxylic acids is 2. The predicted molar refractivity (Wildman–Crippen MR) is 219 cm³/mol. The van der Waals surface area contributed by atoms with Crippen molar-refractivity contribution in [3.05, 3.63) is 76.9 Å². The number of carbonyl (C=O) groups is 2. The molecule has 7 rings (SSSR count). The molecule has 3 aromatic heterocycles. The number of hydrogen-bond donors (Lipinski definition) is 3. The summed E-state index contributed by atoms with van der Waals surface area (Å²) in [5.41, 5.74) is 6.51. The lowest BCUT2D eigenvalue weighted by Gasteiger charge is -2.39. The normalized spacial score (nSPS) is 15.4. The van der Waals surface area contributed by atoms with Crippen LogP contribution in [0.1, 0.15) is 30.4 Å². The Labute approximate surface area is 327 Å². The van der Waals surface area contributed by atoms with E-state index in [-0.39, 0.29) is 12.3 Å². The molecule has 0 bridgehead atoms. The van der Waals surface area contributed by atoms with E-state index in [1.54, 1.807) is 56.3 Å². The van der Waals surface area contributed by atoms with Gasteiger partial charge in [0.05, 0.1) is 45.7 Å². The first-order valence-corrected chi connectivity index (χ1v) is 21.3. The first kappa shape index (κ1) is 38.1. The second kappa shape index (κ2) is 15.9. The molecule has 0 radical (unpaired) electrons. The highest BCUT2D eigenvalue weighted by Crippen LogP contribution is 2.42. The molecule has 2 saturated heterocycles. The molecule has 286 valence electrons. The van der Waals surface area contributed by atoms with Crippen molar-refractivity contribution >= 4 is 85.9 Å². The van der Waals surface area contributed by atoms with Crippen molar-refractivity contribution in [2.75, 3.05) is 67.6 Å². The third kappa shape index (κ3) is 8.26. The molecule has 2 fully saturated rings. The Morgan fingerprint density at radius 2 is 1.76 bits per heavy atom. The van der Waals surface area contributed by atoms with Gasteiger partial charge in [-0.15, -0.1) is 0 Å². The summed E-state index contributed by atoms with van der Waals surface area (Å²) in [6.45, 7) is 8.23. The number of benzene rings is 2. The number of anilines is 6. The number of ether oxygens (including phenoxy) is 1. The molecule has 3 amide bonds. The largest absolute Gasteiger partial charge is 0.494 e. The van der Waals surface area contributed by atoms with E-state index in [1.807, 2.05) is 24.3 Å². The maximum atomic E-state index is 13.5. The molecule has 3 N–H and O–H groups in total. The van der Waals surface area contributed by atoms with Crippen molar-refractivity contribution in [2.24, 2.45) is 0 Å². The molecule has 0 saturated carbocycles. The van der Waals surface area contributed by atoms with Crippen LogP contribution in [-0.4, -0.2) is 94.9 Å². The summed E-state index contributed by atoms with van der Waals surface area (Å²) in [6, 6.07) is 9.67. The summed E-state index contributed by atoms with van der Waals surface area (Å²) in [4.78, 5) is 53.0. The predicted octanol–water partition coefficient (Wildman–Crippen LogP) is 6.18. The first-order chi connectivity index (χ1) is 26.4. The monoisotopic (exact) mass is 827 g/mol. The number of aromatic nitrogens is 5. The number of amides is 3. The van der Waals surface area contributed by atoms with Gasteiger partial charge in [-0.1, -0.05) is 0 Å². The third-order valence-electron chi connectivity index (χ3n) is 9.99. The van der Waals surface area contributed by atoms with Crippen LogP contribution in [0.5, 0.6) is 5.75 Å². The topological polar surface area (TPSA) is 171 Å². The zero-order chi connectivity index (χ0) is 38.9. The number of piperidine rings is 1. The van der Waals surface area contributed by atoms with Gasteiger partial charge in [-0.25, -0.2) is 9.78 Å². The Morgan fingerprint density at radius 3 is 2.51 bits per heavy atom. The molecule has 15 nitrogen and oxygen atoms in total. The molecule has 0 spiro atoms. The lowest BCUT2D eigenvalue weighted by Crippen LogP contribution is -2.50. The smallest absolute Gasteiger partial charge is 0.328 e. The average molecular weight is 829 g/mol. The number of rotatable bonds is 11. The number of methoxy groups -OCH3 is 1. The van der Waals surface area contributed by atoms with Gasteiger partial charge in [-0.3, -0.25) is 34.9 Å². The molecule has 5 aromatic rings. The minimum atomic E-state index is -2.77. The molecule has 0 aliphatic carbocycles. The van der Waals surface area contributed by atoms with E-state index in [0.717, 1.165) is 54.1 Å². The molecule has 0 unspecified atom stereocenters. The summed E-state index contributed by atoms with van der Waals surface area (Å²) < 4.78 is 20.0. The lowest BCUT2D eigenvalue weighted by atomic mass is 10.0. The lowest BCUT2D eigenvalue weighted by molar-refractivity contribution is -0.120. The second-order valence-electron chi connectivity index (χ2n) is 14.1. The minimum Gasteiger partial charge on any atom is -0.494 e. The van der Waals surface area contributed by atoms with Crippen molar-refractivity contribution < 1.29 is 18.9 Å². The van der Waals surface area contributed by atoms with Crippen LogP contribution < -0.4 is 35.8 Å². The highest BCUT2D eigenvalue weighted by molar-refractivity contribution is 9.10. The fourth-order valence-corrected chi connectivity index (χ4v) is 8.93. The van der Waals surface area contributed by atoms with E-state index in [9.17, 15) is 14.2 Å². The van der Waals surface area contributed by atoms with Crippen LogP contribution in [0.3, 0.4) is 0 Å². The van der Waals surface area contributed by atoms with Gasteiger partial charge in [0.15, 0.2) is 0 Å². The fraction of sp³-hybridized carbons (Fsp3) is 0.342. The first-order valence-electron chi connectivity index (χ1n) is 17.9. The molecule has 2 aliphatic heterocycles. The maximum Gasteiger partial charge on any atom is 0.328 e. The number of halogens is 1. The van der Waals surface area contributed by atoms with Gasteiger partial charge in [0.1, 0.15) is 24.2 Å². The van der Waals surface area contributed by atoms with Gasteiger partial charge in [-0.05, 0) is 91.5 Å². The van der Waals surface area contributed by atoms with Crippen molar-refractivity contribution in [2.45, 2.75) is 38.8 Å². The van der Waals surface area contributed by atoms with Crippen LogP contribution in [-0.2, 0) is 15.9 Å². The van der Waals surface area contributed by atoms with E-state index in [0.29, 0.717) is 63.1 Å². The zero-order valence-electron chi connectivity index (χ0n) is 31.3. The molecule has 2 aromatic carbocycles. The standard InChI is InChI=1S/C38H43BrN11O4P/c1-23-18-29(45-37-43-20-26(39)36(47-37)44-28-7-6-27-34(42-14-13-41-27)35(28)55(4,5)53)32(54-3)19-30(23)49-15-9-25(10-16-49)48(2)22-24-8-12-40-21-31(24)50-17-11-33(51)46-38(50)52/h6-8,12-14,18-21,25H,9-11,15-17,22H2,1-5H3,(H,46,51,52)(H2,43,44,45,47). The van der Waals surface area contributed by atoms with E-state index < -0.39 is 13.2 Å². The van der Waals surface area contributed by atoms with Crippen LogP contribution in [0, 0.1) is 6.92 Å². The van der Waals surface area contributed by atoms with E-state index >= 15 is 0 Å². The van der Waals surface area contributed by atoms with Crippen LogP contribution in [0.25, 0.3) is 11.0 Å². The number of aryl methyl sites for hydroxylation is 1. The quantitative estimate of drug-likeness (QED) is 0.129. The van der Waals surface area contributed by atoms with Gasteiger partial charge in [0.25, 0.3) is 0 Å². The summed E-state index contributed by atoms with van der Waals surface area (Å²) in [5.74, 6) is 1.24. The van der Waals surface area contributed by atoms with E-state index in [2.05, 4.69) is 81.7 Å².